The maximum Gasteiger partial charge on any atom is 0.333 e. The monoisotopic (exact) mass is 387 g/mol. The second-order valence-corrected chi connectivity index (χ2v) is 6.79. The molecular formula is C24H21NO4. The summed E-state index contributed by atoms with van der Waals surface area (Å²) in [5.41, 5.74) is 1.60. The highest BCUT2D eigenvalue weighted by Gasteiger charge is 2.55. The van der Waals surface area contributed by atoms with Gasteiger partial charge in [0, 0.05) is 0 Å². The number of amides is 1. The Morgan fingerprint density at radius 3 is 2.00 bits per heavy atom. The summed E-state index contributed by atoms with van der Waals surface area (Å²) in [5.74, 6) is -0.119. The average molecular weight is 387 g/mol. The first-order chi connectivity index (χ1) is 14.2. The quantitative estimate of drug-likeness (QED) is 0.475. The number of nitrogens with zero attached hydrogens (tertiary/aromatic N) is 1. The van der Waals surface area contributed by atoms with E-state index >= 15 is 0 Å². The molecule has 1 fully saturated rings. The molecule has 0 radical (unpaired) electrons. The van der Waals surface area contributed by atoms with Crippen molar-refractivity contribution < 1.29 is 19.1 Å². The Kier molecular flexibility index (Phi) is 5.29. The van der Waals surface area contributed by atoms with Gasteiger partial charge in [-0.1, -0.05) is 78.9 Å². The summed E-state index contributed by atoms with van der Waals surface area (Å²) in [6.45, 7) is 0. The molecule has 0 aliphatic carbocycles. The van der Waals surface area contributed by atoms with Crippen LogP contribution in [0.15, 0.2) is 91.0 Å². The summed E-state index contributed by atoms with van der Waals surface area (Å²) < 4.78 is 11.1. The molecule has 3 unspecified atom stereocenters. The Balaban J connectivity index is 1.73. The van der Waals surface area contributed by atoms with Crippen molar-refractivity contribution in [3.05, 3.63) is 102 Å². The molecule has 4 rings (SSSR count). The topological polar surface area (TPSA) is 55.8 Å². The molecule has 1 aliphatic heterocycles. The summed E-state index contributed by atoms with van der Waals surface area (Å²) in [6.07, 6.45) is -0.712. The molecule has 1 aliphatic rings. The predicted octanol–water partition coefficient (Wildman–Crippen LogP) is 3.93. The first-order valence-corrected chi connectivity index (χ1v) is 9.42. The van der Waals surface area contributed by atoms with E-state index in [4.69, 9.17) is 9.47 Å². The van der Waals surface area contributed by atoms with E-state index in [2.05, 4.69) is 0 Å². The van der Waals surface area contributed by atoms with Gasteiger partial charge in [-0.3, -0.25) is 4.79 Å². The van der Waals surface area contributed by atoms with Gasteiger partial charge in [-0.05, 0) is 23.3 Å². The lowest BCUT2D eigenvalue weighted by molar-refractivity contribution is -0.178. The van der Waals surface area contributed by atoms with Crippen LogP contribution in [0.3, 0.4) is 0 Å². The fraction of sp³-hybridized carbons (Fsp3) is 0.167. The Hall–Kier alpha value is -3.60. The molecule has 0 bridgehead atoms. The Morgan fingerprint density at radius 2 is 1.41 bits per heavy atom. The summed E-state index contributed by atoms with van der Waals surface area (Å²) in [5, 5.41) is 0. The number of β-lactam (4-membered cyclic amide) rings is 1. The average Bonchev–Trinajstić information content (AvgIpc) is 2.79. The minimum Gasteiger partial charge on any atom is -0.478 e. The van der Waals surface area contributed by atoms with E-state index < -0.39 is 24.2 Å². The zero-order valence-electron chi connectivity index (χ0n) is 16.0. The Labute approximate surface area is 169 Å². The molecule has 5 nitrogen and oxygen atoms in total. The van der Waals surface area contributed by atoms with Crippen LogP contribution >= 0.6 is 0 Å². The van der Waals surface area contributed by atoms with Crippen LogP contribution in [-0.2, 0) is 14.3 Å². The highest BCUT2D eigenvalue weighted by atomic mass is 16.5. The van der Waals surface area contributed by atoms with Crippen LogP contribution in [0.5, 0.6) is 5.75 Å². The number of benzene rings is 3. The van der Waals surface area contributed by atoms with Crippen LogP contribution in [0.2, 0.25) is 0 Å². The number of ether oxygens (including phenoxy) is 2. The molecule has 1 saturated heterocycles. The molecule has 5 heteroatoms. The van der Waals surface area contributed by atoms with E-state index in [-0.39, 0.29) is 5.91 Å². The van der Waals surface area contributed by atoms with Crippen molar-refractivity contribution in [2.75, 3.05) is 7.11 Å². The summed E-state index contributed by atoms with van der Waals surface area (Å²) in [7, 11) is 1.33. The summed E-state index contributed by atoms with van der Waals surface area (Å²) >= 11 is 0. The molecule has 3 aromatic carbocycles. The SMILES string of the molecule is COC(=O)C(c1ccccc1)N1C(=O)C(Oc2ccccc2)C1c1ccccc1. The lowest BCUT2D eigenvalue weighted by atomic mass is 9.86. The number of hydrogen-bond donors (Lipinski definition) is 0. The van der Waals surface area contributed by atoms with Gasteiger partial charge >= 0.3 is 5.97 Å². The van der Waals surface area contributed by atoms with E-state index in [1.165, 1.54) is 7.11 Å². The summed E-state index contributed by atoms with van der Waals surface area (Å²) in [4.78, 5) is 27.4. The van der Waals surface area contributed by atoms with Gasteiger partial charge in [0.2, 0.25) is 6.10 Å². The van der Waals surface area contributed by atoms with Gasteiger partial charge in [-0.15, -0.1) is 0 Å². The number of para-hydroxylation sites is 1. The maximum atomic E-state index is 13.2. The number of carbonyl (C=O) groups is 2. The van der Waals surface area contributed by atoms with Crippen molar-refractivity contribution >= 4 is 11.9 Å². The molecule has 3 aromatic rings. The van der Waals surface area contributed by atoms with Crippen LogP contribution in [0.25, 0.3) is 0 Å². The minimum atomic E-state index is -0.838. The third kappa shape index (κ3) is 3.59. The standard InChI is InChI=1S/C24H21NO4/c1-28-24(27)21(18-13-7-3-8-14-18)25-20(17-11-5-2-6-12-17)22(23(25)26)29-19-15-9-4-10-16-19/h2-16,20-22H,1H3. The van der Waals surface area contributed by atoms with Crippen molar-refractivity contribution in [3.63, 3.8) is 0 Å². The number of methoxy groups -OCH3 is 1. The summed E-state index contributed by atoms with van der Waals surface area (Å²) in [6, 6.07) is 26.8. The van der Waals surface area contributed by atoms with Crippen molar-refractivity contribution in [1.29, 1.82) is 0 Å². The van der Waals surface area contributed by atoms with E-state index in [1.54, 1.807) is 4.90 Å². The van der Waals surface area contributed by atoms with Crippen LogP contribution < -0.4 is 4.74 Å². The smallest absolute Gasteiger partial charge is 0.333 e. The highest BCUT2D eigenvalue weighted by Crippen LogP contribution is 2.43. The van der Waals surface area contributed by atoms with Gasteiger partial charge in [-0.25, -0.2) is 4.79 Å². The first-order valence-electron chi connectivity index (χ1n) is 9.42. The molecule has 29 heavy (non-hydrogen) atoms. The lowest BCUT2D eigenvalue weighted by Crippen LogP contribution is -2.63. The van der Waals surface area contributed by atoms with Crippen LogP contribution in [0.4, 0.5) is 0 Å². The minimum absolute atomic E-state index is 0.248. The molecule has 0 aromatic heterocycles. The van der Waals surface area contributed by atoms with Gasteiger partial charge in [0.05, 0.1) is 7.11 Å². The fourth-order valence-electron chi connectivity index (χ4n) is 3.67. The van der Waals surface area contributed by atoms with Crippen molar-refractivity contribution in [2.24, 2.45) is 0 Å². The number of carbonyl (C=O) groups excluding carboxylic acids is 2. The Morgan fingerprint density at radius 1 is 0.862 bits per heavy atom. The van der Waals surface area contributed by atoms with Crippen LogP contribution in [-0.4, -0.2) is 30.0 Å². The van der Waals surface area contributed by atoms with Gasteiger partial charge in [0.25, 0.3) is 5.91 Å². The maximum absolute atomic E-state index is 13.2. The third-order valence-electron chi connectivity index (χ3n) is 5.05. The molecule has 1 amide bonds. The zero-order valence-corrected chi connectivity index (χ0v) is 16.0. The predicted molar refractivity (Wildman–Crippen MR) is 108 cm³/mol. The van der Waals surface area contributed by atoms with Crippen LogP contribution in [0.1, 0.15) is 23.2 Å². The molecule has 0 saturated carbocycles. The second-order valence-electron chi connectivity index (χ2n) is 6.79. The molecule has 0 N–H and O–H groups in total. The van der Waals surface area contributed by atoms with E-state index in [1.807, 2.05) is 91.0 Å². The zero-order chi connectivity index (χ0) is 20.2. The highest BCUT2D eigenvalue weighted by molar-refractivity contribution is 5.94. The van der Waals surface area contributed by atoms with E-state index in [9.17, 15) is 9.59 Å². The van der Waals surface area contributed by atoms with Gasteiger partial charge in [-0.2, -0.15) is 0 Å². The van der Waals surface area contributed by atoms with Gasteiger partial charge < -0.3 is 14.4 Å². The van der Waals surface area contributed by atoms with Crippen molar-refractivity contribution in [3.8, 4) is 5.75 Å². The lowest BCUT2D eigenvalue weighted by Gasteiger charge is -2.49. The van der Waals surface area contributed by atoms with Crippen LogP contribution in [0, 0.1) is 0 Å². The van der Waals surface area contributed by atoms with Gasteiger partial charge in [0.1, 0.15) is 11.8 Å². The number of hydrogen-bond acceptors (Lipinski definition) is 4. The molecule has 1 heterocycles. The molecular weight excluding hydrogens is 366 g/mol. The third-order valence-corrected chi connectivity index (χ3v) is 5.05. The Bertz CT molecular complexity index is 976. The molecule has 146 valence electrons. The van der Waals surface area contributed by atoms with E-state index in [0.29, 0.717) is 11.3 Å². The number of rotatable bonds is 6. The fourth-order valence-corrected chi connectivity index (χ4v) is 3.67. The van der Waals surface area contributed by atoms with Crippen molar-refractivity contribution in [1.82, 2.24) is 4.90 Å². The number of esters is 1. The normalized spacial score (nSPS) is 19.2. The molecule has 0 spiro atoms. The number of likely N-dealkylation sites (tertiary alicyclic amines) is 1. The second kappa shape index (κ2) is 8.19. The van der Waals surface area contributed by atoms with Gasteiger partial charge in [0.15, 0.2) is 6.04 Å². The first kappa shape index (κ1) is 18.7. The van der Waals surface area contributed by atoms with E-state index in [0.717, 1.165) is 5.56 Å². The largest absolute Gasteiger partial charge is 0.478 e. The van der Waals surface area contributed by atoms with Crippen molar-refractivity contribution in [2.45, 2.75) is 18.2 Å². The molecule has 3 atom stereocenters.